The third kappa shape index (κ3) is 1.38. The second-order valence-corrected chi connectivity index (χ2v) is 0.679. The topological polar surface area (TPSA) is 79.2 Å². The van der Waals surface area contributed by atoms with Crippen molar-refractivity contribution in [1.29, 1.82) is 5.26 Å². The number of rotatable bonds is 1. The zero-order valence-corrected chi connectivity index (χ0v) is 2.96. The molecule has 0 radical (unpaired) electrons. The third-order valence-corrected chi connectivity index (χ3v) is 0.246. The molecular weight excluding hydrogens is 82.0 g/mol. The SMILES string of the molecule is N#CC(N)N=O. The Labute approximate surface area is 34.5 Å². The van der Waals surface area contributed by atoms with Gasteiger partial charge in [-0.2, -0.15) is 5.26 Å². The molecule has 0 heterocycles. The molecule has 1 unspecified atom stereocenters. The minimum absolute atomic E-state index is 1.19. The molecular formula is C2H3N3O. The summed E-state index contributed by atoms with van der Waals surface area (Å²) in [5.41, 5.74) is 4.63. The summed E-state index contributed by atoms with van der Waals surface area (Å²) in [6.07, 6.45) is -1.19. The van der Waals surface area contributed by atoms with Crippen LogP contribution in [0.4, 0.5) is 0 Å². The van der Waals surface area contributed by atoms with Gasteiger partial charge in [0.05, 0.1) is 0 Å². The zero-order valence-electron chi connectivity index (χ0n) is 2.96. The standard InChI is InChI=1S/C2H3N3O/c3-1-2(4)5-6/h2H,4H2. The summed E-state index contributed by atoms with van der Waals surface area (Å²) in [5.74, 6) is 0. The minimum Gasteiger partial charge on any atom is -0.295 e. The van der Waals surface area contributed by atoms with Gasteiger partial charge in [0.15, 0.2) is 0 Å². The summed E-state index contributed by atoms with van der Waals surface area (Å²) in [6.45, 7) is 0. The second kappa shape index (κ2) is 2.30. The Bertz CT molecular complexity index is 83.3. The Morgan fingerprint density at radius 1 is 2.00 bits per heavy atom. The molecule has 0 aliphatic carbocycles. The second-order valence-electron chi connectivity index (χ2n) is 0.679. The van der Waals surface area contributed by atoms with E-state index in [1.54, 1.807) is 0 Å². The lowest BCUT2D eigenvalue weighted by Gasteiger charge is -1.76. The van der Waals surface area contributed by atoms with Crippen molar-refractivity contribution < 1.29 is 0 Å². The molecule has 4 nitrogen and oxygen atoms in total. The van der Waals surface area contributed by atoms with Crippen LogP contribution in [-0.4, -0.2) is 6.17 Å². The number of hydrogen-bond donors (Lipinski definition) is 1. The summed E-state index contributed by atoms with van der Waals surface area (Å²) in [5, 5.41) is 9.84. The van der Waals surface area contributed by atoms with Crippen molar-refractivity contribution in [2.24, 2.45) is 10.9 Å². The number of nitrogens with zero attached hydrogens (tertiary/aromatic N) is 2. The van der Waals surface area contributed by atoms with Gasteiger partial charge in [0, 0.05) is 0 Å². The van der Waals surface area contributed by atoms with Crippen molar-refractivity contribution in [2.75, 3.05) is 0 Å². The Morgan fingerprint density at radius 2 is 2.50 bits per heavy atom. The van der Waals surface area contributed by atoms with E-state index in [4.69, 9.17) is 10.2 Å². The number of nitriles is 1. The minimum atomic E-state index is -1.19. The van der Waals surface area contributed by atoms with Gasteiger partial charge in [-0.3, -0.25) is 5.73 Å². The van der Waals surface area contributed by atoms with E-state index in [0.29, 0.717) is 0 Å². The van der Waals surface area contributed by atoms with Gasteiger partial charge in [-0.25, -0.2) is 0 Å². The molecule has 0 aliphatic rings. The Balaban J connectivity index is 3.30. The molecule has 0 saturated carbocycles. The highest BCUT2D eigenvalue weighted by Gasteiger charge is 1.89. The molecule has 2 N–H and O–H groups in total. The van der Waals surface area contributed by atoms with E-state index in [0.717, 1.165) is 0 Å². The Hall–Kier alpha value is -0.950. The smallest absolute Gasteiger partial charge is 0.227 e. The first kappa shape index (κ1) is 5.05. The molecule has 32 valence electrons. The van der Waals surface area contributed by atoms with E-state index in [1.165, 1.54) is 6.07 Å². The molecule has 1 atom stereocenters. The zero-order chi connectivity index (χ0) is 4.99. The first-order valence-electron chi connectivity index (χ1n) is 1.29. The van der Waals surface area contributed by atoms with Crippen LogP contribution in [0.5, 0.6) is 0 Å². The van der Waals surface area contributed by atoms with E-state index < -0.39 is 6.17 Å². The summed E-state index contributed by atoms with van der Waals surface area (Å²) >= 11 is 0. The quantitative estimate of drug-likeness (QED) is 0.438. The van der Waals surface area contributed by atoms with Gasteiger partial charge in [-0.1, -0.05) is 0 Å². The molecule has 0 aromatic heterocycles. The van der Waals surface area contributed by atoms with E-state index in [1.807, 2.05) is 0 Å². The molecule has 0 amide bonds. The van der Waals surface area contributed by atoms with Crippen molar-refractivity contribution in [3.05, 3.63) is 4.91 Å². The van der Waals surface area contributed by atoms with Crippen molar-refractivity contribution in [3.8, 4) is 6.07 Å². The van der Waals surface area contributed by atoms with Crippen LogP contribution in [-0.2, 0) is 0 Å². The molecule has 0 aliphatic heterocycles. The predicted octanol–water partition coefficient (Wildman–Crippen LogP) is -0.439. The molecule has 4 heteroatoms. The van der Waals surface area contributed by atoms with Crippen molar-refractivity contribution >= 4 is 0 Å². The first-order chi connectivity index (χ1) is 2.81. The van der Waals surface area contributed by atoms with Crippen LogP contribution in [0.2, 0.25) is 0 Å². The van der Waals surface area contributed by atoms with Crippen molar-refractivity contribution in [3.63, 3.8) is 0 Å². The largest absolute Gasteiger partial charge is 0.295 e. The first-order valence-corrected chi connectivity index (χ1v) is 1.29. The van der Waals surface area contributed by atoms with Crippen LogP contribution in [0.1, 0.15) is 0 Å². The van der Waals surface area contributed by atoms with Crippen LogP contribution in [0.3, 0.4) is 0 Å². The van der Waals surface area contributed by atoms with Crippen molar-refractivity contribution in [2.45, 2.75) is 6.17 Å². The maximum atomic E-state index is 9.14. The summed E-state index contributed by atoms with van der Waals surface area (Å²) in [4.78, 5) is 9.14. The highest BCUT2D eigenvalue weighted by atomic mass is 16.3. The van der Waals surface area contributed by atoms with Gasteiger partial charge in [-0.15, -0.1) is 4.91 Å². The maximum absolute atomic E-state index is 9.14. The lowest BCUT2D eigenvalue weighted by atomic mass is 10.6. The van der Waals surface area contributed by atoms with E-state index in [9.17, 15) is 0 Å². The van der Waals surface area contributed by atoms with Gasteiger partial charge in [-0.05, 0) is 5.18 Å². The number of nitroso groups, excluding NO2 is 1. The van der Waals surface area contributed by atoms with Crippen LogP contribution < -0.4 is 5.73 Å². The number of hydrogen-bond acceptors (Lipinski definition) is 4. The highest BCUT2D eigenvalue weighted by Crippen LogP contribution is 1.68. The van der Waals surface area contributed by atoms with E-state index in [-0.39, 0.29) is 0 Å². The summed E-state index contributed by atoms with van der Waals surface area (Å²) < 4.78 is 0. The van der Waals surface area contributed by atoms with E-state index >= 15 is 0 Å². The van der Waals surface area contributed by atoms with Crippen LogP contribution in [0, 0.1) is 16.2 Å². The molecule has 0 aromatic rings. The van der Waals surface area contributed by atoms with Crippen molar-refractivity contribution in [1.82, 2.24) is 0 Å². The normalized spacial score (nSPS) is 12.0. The average Bonchev–Trinajstić information content (AvgIpc) is 1.65. The summed E-state index contributed by atoms with van der Waals surface area (Å²) in [6, 6.07) is 1.41. The number of nitrogens with two attached hydrogens (primary N) is 1. The maximum Gasteiger partial charge on any atom is 0.227 e. The fourth-order valence-corrected chi connectivity index (χ4v) is 0.0236. The Morgan fingerprint density at radius 3 is 2.50 bits per heavy atom. The third-order valence-electron chi connectivity index (χ3n) is 0.246. The van der Waals surface area contributed by atoms with E-state index in [2.05, 4.69) is 10.9 Å². The highest BCUT2D eigenvalue weighted by molar-refractivity contribution is 4.82. The monoisotopic (exact) mass is 85.0 g/mol. The van der Waals surface area contributed by atoms with Gasteiger partial charge < -0.3 is 0 Å². The lowest BCUT2D eigenvalue weighted by molar-refractivity contribution is 0.882. The molecule has 0 rings (SSSR count). The lowest BCUT2D eigenvalue weighted by Crippen LogP contribution is -2.11. The summed E-state index contributed by atoms with van der Waals surface area (Å²) in [7, 11) is 0. The Kier molecular flexibility index (Phi) is 1.93. The molecule has 0 spiro atoms. The van der Waals surface area contributed by atoms with Gasteiger partial charge in [0.1, 0.15) is 6.07 Å². The van der Waals surface area contributed by atoms with Gasteiger partial charge >= 0.3 is 0 Å². The fourth-order valence-electron chi connectivity index (χ4n) is 0.0236. The molecule has 0 fully saturated rings. The van der Waals surface area contributed by atoms with Gasteiger partial charge in [0.25, 0.3) is 0 Å². The van der Waals surface area contributed by atoms with Gasteiger partial charge in [0.2, 0.25) is 6.17 Å². The molecule has 0 aromatic carbocycles. The van der Waals surface area contributed by atoms with Crippen LogP contribution in [0.15, 0.2) is 5.18 Å². The van der Waals surface area contributed by atoms with Crippen LogP contribution in [0.25, 0.3) is 0 Å². The van der Waals surface area contributed by atoms with Crippen LogP contribution >= 0.6 is 0 Å². The molecule has 0 bridgehead atoms. The average molecular weight is 85.1 g/mol. The predicted molar refractivity (Wildman–Crippen MR) is 19.4 cm³/mol. The molecule has 0 saturated heterocycles. The fraction of sp³-hybridized carbons (Fsp3) is 0.500. The molecule has 6 heavy (non-hydrogen) atoms.